The van der Waals surface area contributed by atoms with Crippen LogP contribution in [0.5, 0.6) is 0 Å². The van der Waals surface area contributed by atoms with Crippen molar-refractivity contribution in [2.24, 2.45) is 5.41 Å². The molecule has 1 atom stereocenters. The van der Waals surface area contributed by atoms with Gasteiger partial charge in [0, 0.05) is 5.88 Å². The monoisotopic (exact) mass is 254 g/mol. The summed E-state index contributed by atoms with van der Waals surface area (Å²) in [6.07, 6.45) is 0. The van der Waals surface area contributed by atoms with Crippen molar-refractivity contribution in [1.82, 2.24) is 5.01 Å². The lowest BCUT2D eigenvalue weighted by Crippen LogP contribution is -2.40. The Balaban J connectivity index is 2.33. The summed E-state index contributed by atoms with van der Waals surface area (Å²) in [5.74, 6) is 0.102. The number of carbonyl (C=O) groups is 1. The Morgan fingerprint density at radius 3 is 2.59 bits per heavy atom. The third-order valence-corrected chi connectivity index (χ3v) is 3.61. The van der Waals surface area contributed by atoms with Crippen LogP contribution in [0.3, 0.4) is 0 Å². The van der Waals surface area contributed by atoms with E-state index in [2.05, 4.69) is 0 Å². The summed E-state index contributed by atoms with van der Waals surface area (Å²) in [6, 6.07) is 9.49. The fourth-order valence-corrected chi connectivity index (χ4v) is 2.17. The van der Waals surface area contributed by atoms with E-state index in [4.69, 9.17) is 11.6 Å². The van der Waals surface area contributed by atoms with E-state index in [1.165, 1.54) is 5.01 Å². The van der Waals surface area contributed by atoms with Crippen molar-refractivity contribution in [3.8, 4) is 0 Å². The smallest absolute Gasteiger partial charge is 0.252 e. The van der Waals surface area contributed by atoms with Crippen LogP contribution in [0, 0.1) is 5.41 Å². The number of halogens is 1. The van der Waals surface area contributed by atoms with E-state index in [1.54, 1.807) is 5.01 Å². The molecule has 1 amide bonds. The second kappa shape index (κ2) is 4.55. The summed E-state index contributed by atoms with van der Waals surface area (Å²) in [4.78, 5) is 12.1. The van der Waals surface area contributed by atoms with E-state index in [0.29, 0.717) is 6.54 Å². The summed E-state index contributed by atoms with van der Waals surface area (Å²) in [6.45, 7) is 1.97. The highest BCUT2D eigenvalue weighted by Gasteiger charge is 2.47. The van der Waals surface area contributed by atoms with Gasteiger partial charge in [-0.05, 0) is 19.1 Å². The van der Waals surface area contributed by atoms with Crippen molar-refractivity contribution in [1.29, 1.82) is 0 Å². The highest BCUT2D eigenvalue weighted by atomic mass is 35.5. The first kappa shape index (κ1) is 12.2. The number of anilines is 1. The van der Waals surface area contributed by atoms with Crippen LogP contribution in [0.2, 0.25) is 0 Å². The van der Waals surface area contributed by atoms with Gasteiger partial charge in [0.05, 0.1) is 17.6 Å². The minimum atomic E-state index is -0.639. The first-order chi connectivity index (χ1) is 8.12. The van der Waals surface area contributed by atoms with Crippen LogP contribution in [0.15, 0.2) is 30.3 Å². The summed E-state index contributed by atoms with van der Waals surface area (Å²) in [5.41, 5.74) is 0.240. The molecule has 2 rings (SSSR count). The maximum atomic E-state index is 12.1. The van der Waals surface area contributed by atoms with Crippen LogP contribution in [-0.4, -0.2) is 35.2 Å². The van der Waals surface area contributed by atoms with Gasteiger partial charge >= 0.3 is 0 Å². The quantitative estimate of drug-likeness (QED) is 0.831. The van der Waals surface area contributed by atoms with Crippen LogP contribution in [-0.2, 0) is 4.79 Å². The number of nitrogens with zero attached hydrogens (tertiary/aromatic N) is 2. The van der Waals surface area contributed by atoms with Crippen LogP contribution in [0.4, 0.5) is 5.69 Å². The van der Waals surface area contributed by atoms with E-state index in [0.717, 1.165) is 5.69 Å². The lowest BCUT2D eigenvalue weighted by molar-refractivity contribution is -0.137. The minimum Gasteiger partial charge on any atom is -0.374 e. The highest BCUT2D eigenvalue weighted by molar-refractivity contribution is 6.20. The standard InChI is InChI=1S/C12H15ClN2O2/c1-12(7-13)8-14(15(9-16)11(12)17)10-5-3-2-4-6-10/h2-6,16H,7-9H2,1H3. The van der Waals surface area contributed by atoms with Gasteiger partial charge in [-0.3, -0.25) is 9.80 Å². The van der Waals surface area contributed by atoms with Crippen LogP contribution >= 0.6 is 11.6 Å². The molecule has 1 aliphatic rings. The molecule has 0 aliphatic carbocycles. The zero-order valence-electron chi connectivity index (χ0n) is 9.64. The Kier molecular flexibility index (Phi) is 3.26. The summed E-state index contributed by atoms with van der Waals surface area (Å²) in [5, 5.41) is 12.4. The molecule has 1 heterocycles. The number of hydrazine groups is 1. The lowest BCUT2D eigenvalue weighted by atomic mass is 9.93. The number of rotatable bonds is 3. The Bertz CT molecular complexity index is 412. The average Bonchev–Trinajstić information content (AvgIpc) is 2.64. The van der Waals surface area contributed by atoms with Gasteiger partial charge in [0.25, 0.3) is 5.91 Å². The predicted molar refractivity (Wildman–Crippen MR) is 66.5 cm³/mol. The number of benzene rings is 1. The summed E-state index contributed by atoms with van der Waals surface area (Å²) in [7, 11) is 0. The Hall–Kier alpha value is -1.26. The maximum Gasteiger partial charge on any atom is 0.252 e. The number of hydrogen-bond acceptors (Lipinski definition) is 3. The molecule has 1 unspecified atom stereocenters. The van der Waals surface area contributed by atoms with Crippen LogP contribution in [0.25, 0.3) is 0 Å². The molecule has 17 heavy (non-hydrogen) atoms. The predicted octanol–water partition coefficient (Wildman–Crippen LogP) is 1.45. The molecular weight excluding hydrogens is 240 g/mol. The van der Waals surface area contributed by atoms with E-state index in [9.17, 15) is 9.90 Å². The van der Waals surface area contributed by atoms with E-state index >= 15 is 0 Å². The van der Waals surface area contributed by atoms with Gasteiger partial charge in [-0.15, -0.1) is 11.6 Å². The molecule has 0 radical (unpaired) electrons. The second-order valence-corrected chi connectivity index (χ2v) is 4.70. The van der Waals surface area contributed by atoms with Gasteiger partial charge in [-0.25, -0.2) is 5.01 Å². The minimum absolute atomic E-state index is 0.140. The molecule has 1 aliphatic heterocycles. The fourth-order valence-electron chi connectivity index (χ4n) is 1.98. The SMILES string of the molecule is CC1(CCl)CN(c2ccccc2)N(CO)C1=O. The number of aliphatic hydroxyl groups is 1. The zero-order valence-corrected chi connectivity index (χ0v) is 10.4. The molecule has 0 aromatic heterocycles. The maximum absolute atomic E-state index is 12.1. The molecule has 5 heteroatoms. The number of alkyl halides is 1. The van der Waals surface area contributed by atoms with Crippen molar-refractivity contribution >= 4 is 23.2 Å². The summed E-state index contributed by atoms with van der Waals surface area (Å²) < 4.78 is 0. The van der Waals surface area contributed by atoms with E-state index < -0.39 is 5.41 Å². The number of hydrogen-bond donors (Lipinski definition) is 1. The van der Waals surface area contributed by atoms with Crippen LogP contribution < -0.4 is 5.01 Å². The molecule has 92 valence electrons. The first-order valence-corrected chi connectivity index (χ1v) is 5.97. The van der Waals surface area contributed by atoms with Gasteiger partial charge in [-0.2, -0.15) is 0 Å². The Labute approximate surface area is 105 Å². The van der Waals surface area contributed by atoms with Crippen molar-refractivity contribution in [2.45, 2.75) is 6.92 Å². The Morgan fingerprint density at radius 1 is 1.41 bits per heavy atom. The molecule has 1 fully saturated rings. The fraction of sp³-hybridized carbons (Fsp3) is 0.417. The van der Waals surface area contributed by atoms with Crippen molar-refractivity contribution < 1.29 is 9.90 Å². The van der Waals surface area contributed by atoms with Crippen molar-refractivity contribution in [3.63, 3.8) is 0 Å². The van der Waals surface area contributed by atoms with E-state index in [-0.39, 0.29) is 18.5 Å². The van der Waals surface area contributed by atoms with Gasteiger partial charge in [0.1, 0.15) is 6.73 Å². The number of para-hydroxylation sites is 1. The zero-order chi connectivity index (χ0) is 12.5. The molecular formula is C12H15ClN2O2. The number of carbonyl (C=O) groups excluding carboxylic acids is 1. The third kappa shape index (κ3) is 1.98. The largest absolute Gasteiger partial charge is 0.374 e. The highest BCUT2D eigenvalue weighted by Crippen LogP contribution is 2.34. The molecule has 1 aromatic rings. The topological polar surface area (TPSA) is 43.8 Å². The first-order valence-electron chi connectivity index (χ1n) is 5.44. The third-order valence-electron chi connectivity index (χ3n) is 3.02. The molecule has 1 aromatic carbocycles. The normalized spacial score (nSPS) is 24.5. The van der Waals surface area contributed by atoms with Gasteiger partial charge in [0.2, 0.25) is 0 Å². The average molecular weight is 255 g/mol. The second-order valence-electron chi connectivity index (χ2n) is 4.43. The van der Waals surface area contributed by atoms with Gasteiger partial charge in [-0.1, -0.05) is 18.2 Å². The molecule has 0 spiro atoms. The Morgan fingerprint density at radius 2 is 2.06 bits per heavy atom. The van der Waals surface area contributed by atoms with Crippen LogP contribution in [0.1, 0.15) is 6.92 Å². The number of aliphatic hydroxyl groups excluding tert-OH is 1. The number of amides is 1. The molecule has 1 saturated heterocycles. The summed E-state index contributed by atoms with van der Waals surface area (Å²) >= 11 is 5.86. The molecule has 0 saturated carbocycles. The molecule has 1 N–H and O–H groups in total. The van der Waals surface area contributed by atoms with E-state index in [1.807, 2.05) is 37.3 Å². The molecule has 0 bridgehead atoms. The molecule has 4 nitrogen and oxygen atoms in total. The van der Waals surface area contributed by atoms with Gasteiger partial charge < -0.3 is 5.11 Å². The van der Waals surface area contributed by atoms with Gasteiger partial charge in [0.15, 0.2) is 0 Å². The lowest BCUT2D eigenvalue weighted by Gasteiger charge is -2.27. The van der Waals surface area contributed by atoms with Crippen molar-refractivity contribution in [2.75, 3.05) is 24.2 Å². The van der Waals surface area contributed by atoms with Crippen molar-refractivity contribution in [3.05, 3.63) is 30.3 Å².